The van der Waals surface area contributed by atoms with E-state index in [0.29, 0.717) is 19.0 Å². The molecule has 0 unspecified atom stereocenters. The number of carbonyl (C=O) groups excluding carboxylic acids is 1. The van der Waals surface area contributed by atoms with Gasteiger partial charge in [0.05, 0.1) is 5.92 Å². The Morgan fingerprint density at radius 3 is 2.09 bits per heavy atom. The lowest BCUT2D eigenvalue weighted by atomic mass is 9.94. The number of hydrogen-bond acceptors (Lipinski definition) is 4. The summed E-state index contributed by atoms with van der Waals surface area (Å²) in [5.41, 5.74) is 4.36. The number of benzene rings is 2. The second-order valence-corrected chi connectivity index (χ2v) is 9.07. The number of aromatic nitrogens is 2. The Bertz CT molecular complexity index is 1070. The first-order chi connectivity index (χ1) is 16.0. The van der Waals surface area contributed by atoms with Crippen molar-refractivity contribution in [1.29, 1.82) is 0 Å². The molecule has 0 aliphatic carbocycles. The van der Waals surface area contributed by atoms with E-state index in [0.717, 1.165) is 48.0 Å². The van der Waals surface area contributed by atoms with Crippen molar-refractivity contribution in [3.8, 4) is 11.4 Å². The highest BCUT2D eigenvalue weighted by Gasteiger charge is 2.29. The molecule has 1 aliphatic rings. The van der Waals surface area contributed by atoms with Crippen molar-refractivity contribution in [3.05, 3.63) is 77.5 Å². The highest BCUT2D eigenvalue weighted by molar-refractivity contribution is 5.84. The Kier molecular flexibility index (Phi) is 7.07. The summed E-state index contributed by atoms with van der Waals surface area (Å²) in [4.78, 5) is 27.5. The van der Waals surface area contributed by atoms with E-state index >= 15 is 0 Å². The van der Waals surface area contributed by atoms with Gasteiger partial charge in [0.2, 0.25) is 5.91 Å². The number of nitrogens with zero attached hydrogens (tertiary/aromatic N) is 4. The Labute approximate surface area is 197 Å². The second-order valence-electron chi connectivity index (χ2n) is 9.07. The van der Waals surface area contributed by atoms with E-state index in [1.54, 1.807) is 0 Å². The molecule has 0 saturated carbocycles. The molecular formula is C28H34N4O. The molecule has 172 valence electrons. The lowest BCUT2D eigenvalue weighted by molar-refractivity contribution is -0.133. The fraction of sp³-hybridized carbons (Fsp3) is 0.393. The second kappa shape index (κ2) is 10.2. The average molecular weight is 443 g/mol. The average Bonchev–Trinajstić information content (AvgIpc) is 2.85. The molecule has 2 heterocycles. The SMILES string of the molecule is CC[C@H](C(=O)N1CCN(c2nc(-c3ccccc3)nc(C)c2C(C)C)CC1)c1ccccc1. The van der Waals surface area contributed by atoms with Crippen molar-refractivity contribution in [2.75, 3.05) is 31.1 Å². The number of aryl methyl sites for hydroxylation is 1. The van der Waals surface area contributed by atoms with Gasteiger partial charge in [-0.15, -0.1) is 0 Å². The molecule has 1 aromatic heterocycles. The van der Waals surface area contributed by atoms with Crippen molar-refractivity contribution >= 4 is 11.7 Å². The number of piperazine rings is 1. The van der Waals surface area contributed by atoms with Crippen LogP contribution >= 0.6 is 0 Å². The Morgan fingerprint density at radius 2 is 1.52 bits per heavy atom. The summed E-state index contributed by atoms with van der Waals surface area (Å²) in [5.74, 6) is 2.26. The Hall–Kier alpha value is -3.21. The van der Waals surface area contributed by atoms with Gasteiger partial charge in [0.1, 0.15) is 5.82 Å². The molecule has 4 rings (SSSR count). The summed E-state index contributed by atoms with van der Waals surface area (Å²) in [7, 11) is 0. The van der Waals surface area contributed by atoms with Gasteiger partial charge in [-0.25, -0.2) is 9.97 Å². The van der Waals surface area contributed by atoms with Gasteiger partial charge >= 0.3 is 0 Å². The topological polar surface area (TPSA) is 49.3 Å². The van der Waals surface area contributed by atoms with E-state index in [4.69, 9.17) is 9.97 Å². The van der Waals surface area contributed by atoms with Crippen LogP contribution in [0.15, 0.2) is 60.7 Å². The first-order valence-electron chi connectivity index (χ1n) is 12.0. The third kappa shape index (κ3) is 4.92. The largest absolute Gasteiger partial charge is 0.353 e. The number of carbonyl (C=O) groups is 1. The summed E-state index contributed by atoms with van der Waals surface area (Å²) < 4.78 is 0. The van der Waals surface area contributed by atoms with E-state index in [-0.39, 0.29) is 11.8 Å². The Balaban J connectivity index is 1.55. The molecule has 2 aromatic carbocycles. The van der Waals surface area contributed by atoms with E-state index < -0.39 is 0 Å². The van der Waals surface area contributed by atoms with Gasteiger partial charge < -0.3 is 9.80 Å². The highest BCUT2D eigenvalue weighted by atomic mass is 16.2. The maximum absolute atomic E-state index is 13.3. The van der Waals surface area contributed by atoms with Gasteiger partial charge in [0.25, 0.3) is 0 Å². The molecule has 0 N–H and O–H groups in total. The monoisotopic (exact) mass is 442 g/mol. The maximum atomic E-state index is 13.3. The molecule has 1 aliphatic heterocycles. The molecule has 0 radical (unpaired) electrons. The smallest absolute Gasteiger partial charge is 0.230 e. The van der Waals surface area contributed by atoms with E-state index in [2.05, 4.69) is 56.9 Å². The van der Waals surface area contributed by atoms with Crippen LogP contribution in [0.5, 0.6) is 0 Å². The van der Waals surface area contributed by atoms with E-state index in [9.17, 15) is 4.79 Å². The molecule has 3 aromatic rings. The van der Waals surface area contributed by atoms with Crippen molar-refractivity contribution in [3.63, 3.8) is 0 Å². The van der Waals surface area contributed by atoms with Crippen LogP contribution in [0.25, 0.3) is 11.4 Å². The summed E-state index contributed by atoms with van der Waals surface area (Å²) in [6, 6.07) is 20.3. The zero-order chi connectivity index (χ0) is 23.4. The van der Waals surface area contributed by atoms with Gasteiger partial charge in [0.15, 0.2) is 5.82 Å². The Morgan fingerprint density at radius 1 is 0.909 bits per heavy atom. The van der Waals surface area contributed by atoms with Gasteiger partial charge in [-0.3, -0.25) is 4.79 Å². The van der Waals surface area contributed by atoms with Crippen molar-refractivity contribution in [2.24, 2.45) is 0 Å². The predicted molar refractivity (Wildman–Crippen MR) is 135 cm³/mol. The molecule has 1 amide bonds. The van der Waals surface area contributed by atoms with Crippen LogP contribution in [-0.4, -0.2) is 47.0 Å². The zero-order valence-electron chi connectivity index (χ0n) is 20.2. The molecule has 1 fully saturated rings. The van der Waals surface area contributed by atoms with Gasteiger partial charge in [-0.1, -0.05) is 81.4 Å². The first-order valence-corrected chi connectivity index (χ1v) is 12.0. The quantitative estimate of drug-likeness (QED) is 0.512. The molecule has 33 heavy (non-hydrogen) atoms. The number of anilines is 1. The van der Waals surface area contributed by atoms with Gasteiger partial charge in [0, 0.05) is 43.0 Å². The minimum atomic E-state index is -0.0741. The van der Waals surface area contributed by atoms with Crippen molar-refractivity contribution in [1.82, 2.24) is 14.9 Å². The number of rotatable bonds is 6. The zero-order valence-corrected chi connectivity index (χ0v) is 20.2. The fourth-order valence-electron chi connectivity index (χ4n) is 4.80. The normalized spacial score (nSPS) is 15.1. The molecule has 0 bridgehead atoms. The standard InChI is InChI=1S/C28H34N4O/c1-5-24(22-12-8-6-9-13-22)28(33)32-18-16-31(17-19-32)27-25(20(2)3)21(4)29-26(30-27)23-14-10-7-11-15-23/h6-15,20,24H,5,16-19H2,1-4H3/t24-/m0/s1. The minimum absolute atomic E-state index is 0.0741. The summed E-state index contributed by atoms with van der Waals surface area (Å²) >= 11 is 0. The third-order valence-corrected chi connectivity index (χ3v) is 6.52. The van der Waals surface area contributed by atoms with Crippen molar-refractivity contribution in [2.45, 2.75) is 46.0 Å². The maximum Gasteiger partial charge on any atom is 0.230 e. The molecule has 5 nitrogen and oxygen atoms in total. The fourth-order valence-corrected chi connectivity index (χ4v) is 4.80. The van der Waals surface area contributed by atoms with Gasteiger partial charge in [-0.05, 0) is 24.8 Å². The lowest BCUT2D eigenvalue weighted by Gasteiger charge is -2.38. The molecule has 1 saturated heterocycles. The predicted octanol–water partition coefficient (Wildman–Crippen LogP) is 5.42. The molecule has 0 spiro atoms. The molecule has 1 atom stereocenters. The van der Waals surface area contributed by atoms with Crippen LogP contribution in [0, 0.1) is 6.92 Å². The summed E-state index contributed by atoms with van der Waals surface area (Å²) in [6.07, 6.45) is 0.812. The van der Waals surface area contributed by atoms with Gasteiger partial charge in [-0.2, -0.15) is 0 Å². The molecular weight excluding hydrogens is 408 g/mol. The van der Waals surface area contributed by atoms with Crippen LogP contribution in [-0.2, 0) is 4.79 Å². The highest BCUT2D eigenvalue weighted by Crippen LogP contribution is 2.32. The van der Waals surface area contributed by atoms with Crippen LogP contribution in [0.1, 0.15) is 55.8 Å². The van der Waals surface area contributed by atoms with Crippen LogP contribution in [0.3, 0.4) is 0 Å². The van der Waals surface area contributed by atoms with Crippen molar-refractivity contribution < 1.29 is 4.79 Å². The van der Waals surface area contributed by atoms with E-state index in [1.807, 2.05) is 41.3 Å². The minimum Gasteiger partial charge on any atom is -0.353 e. The van der Waals surface area contributed by atoms with Crippen LogP contribution < -0.4 is 4.90 Å². The third-order valence-electron chi connectivity index (χ3n) is 6.52. The first kappa shape index (κ1) is 23.0. The number of hydrogen-bond donors (Lipinski definition) is 0. The summed E-state index contributed by atoms with van der Waals surface area (Å²) in [6.45, 7) is 11.6. The summed E-state index contributed by atoms with van der Waals surface area (Å²) in [5, 5.41) is 0. The number of amides is 1. The van der Waals surface area contributed by atoms with Crippen LogP contribution in [0.4, 0.5) is 5.82 Å². The lowest BCUT2D eigenvalue weighted by Crippen LogP contribution is -2.50. The van der Waals surface area contributed by atoms with E-state index in [1.165, 1.54) is 5.56 Å². The molecule has 5 heteroatoms. The van der Waals surface area contributed by atoms with Crippen LogP contribution in [0.2, 0.25) is 0 Å².